The van der Waals surface area contributed by atoms with Gasteiger partial charge < -0.3 is 0 Å². The van der Waals surface area contributed by atoms with Crippen molar-refractivity contribution < 1.29 is 13.2 Å². The second kappa shape index (κ2) is 4.81. The van der Waals surface area contributed by atoms with Crippen LogP contribution in [0.15, 0.2) is 17.3 Å². The highest BCUT2D eigenvalue weighted by Gasteiger charge is 2.34. The average Bonchev–Trinajstić information content (AvgIpc) is 2.76. The van der Waals surface area contributed by atoms with Crippen LogP contribution in [-0.4, -0.2) is 41.4 Å². The fraction of sp³-hybridized carbons (Fsp3) is 0.636. The van der Waals surface area contributed by atoms with E-state index in [0.717, 1.165) is 0 Å². The van der Waals surface area contributed by atoms with Crippen LogP contribution in [0.5, 0.6) is 0 Å². The summed E-state index contributed by atoms with van der Waals surface area (Å²) in [5.74, 6) is -0.0179. The van der Waals surface area contributed by atoms with Crippen LogP contribution in [0.4, 0.5) is 0 Å². The van der Waals surface area contributed by atoms with E-state index in [1.165, 1.54) is 21.3 Å². The van der Waals surface area contributed by atoms with E-state index >= 15 is 0 Å². The molecular formula is C11H17N3O3S. The van der Waals surface area contributed by atoms with E-state index in [1.807, 2.05) is 6.92 Å². The van der Waals surface area contributed by atoms with E-state index in [-0.39, 0.29) is 29.8 Å². The molecule has 1 atom stereocenters. The SMILES string of the molecule is CCC1CN(S(=O)(=O)c2ccnn2C)CCC1=O. The van der Waals surface area contributed by atoms with Crippen molar-refractivity contribution in [1.82, 2.24) is 14.1 Å². The Labute approximate surface area is 107 Å². The predicted octanol–water partition coefficient (Wildman–Crippen LogP) is 0.410. The van der Waals surface area contributed by atoms with Gasteiger partial charge in [-0.05, 0) is 12.5 Å². The molecule has 0 bridgehead atoms. The summed E-state index contributed by atoms with van der Waals surface area (Å²) in [4.78, 5) is 11.6. The maximum Gasteiger partial charge on any atom is 0.260 e. The van der Waals surface area contributed by atoms with E-state index in [1.54, 1.807) is 7.05 Å². The van der Waals surface area contributed by atoms with Gasteiger partial charge in [-0.15, -0.1) is 0 Å². The van der Waals surface area contributed by atoms with Crippen LogP contribution in [0.1, 0.15) is 19.8 Å². The van der Waals surface area contributed by atoms with Gasteiger partial charge in [0.05, 0.1) is 6.20 Å². The molecule has 1 aromatic heterocycles. The summed E-state index contributed by atoms with van der Waals surface area (Å²) in [5, 5.41) is 4.05. The summed E-state index contributed by atoms with van der Waals surface area (Å²) < 4.78 is 27.5. The molecule has 2 heterocycles. The van der Waals surface area contributed by atoms with E-state index in [2.05, 4.69) is 5.10 Å². The lowest BCUT2D eigenvalue weighted by Crippen LogP contribution is -2.44. The maximum atomic E-state index is 12.4. The monoisotopic (exact) mass is 271 g/mol. The van der Waals surface area contributed by atoms with Gasteiger partial charge in [0, 0.05) is 32.5 Å². The first-order chi connectivity index (χ1) is 8.46. The Morgan fingerprint density at radius 1 is 1.50 bits per heavy atom. The Balaban J connectivity index is 2.27. The van der Waals surface area contributed by atoms with Gasteiger partial charge in [0.2, 0.25) is 0 Å². The van der Waals surface area contributed by atoms with Crippen molar-refractivity contribution in [2.75, 3.05) is 13.1 Å². The zero-order valence-electron chi connectivity index (χ0n) is 10.5. The molecular weight excluding hydrogens is 254 g/mol. The van der Waals surface area contributed by atoms with Crippen molar-refractivity contribution >= 4 is 15.8 Å². The highest BCUT2D eigenvalue weighted by atomic mass is 32.2. The molecule has 0 saturated carbocycles. The number of Topliss-reactive ketones (excluding diaryl/α,β-unsaturated/α-hetero) is 1. The number of ketones is 1. The van der Waals surface area contributed by atoms with Crippen molar-refractivity contribution in [2.45, 2.75) is 24.8 Å². The van der Waals surface area contributed by atoms with Gasteiger partial charge in [-0.2, -0.15) is 9.40 Å². The quantitative estimate of drug-likeness (QED) is 0.798. The Morgan fingerprint density at radius 3 is 2.78 bits per heavy atom. The lowest BCUT2D eigenvalue weighted by atomic mass is 9.96. The number of carbonyl (C=O) groups excluding carboxylic acids is 1. The number of aromatic nitrogens is 2. The molecule has 7 heteroatoms. The minimum absolute atomic E-state index is 0.161. The smallest absolute Gasteiger partial charge is 0.260 e. The normalized spacial score (nSPS) is 22.3. The van der Waals surface area contributed by atoms with Crippen molar-refractivity contribution in [3.05, 3.63) is 12.3 Å². The molecule has 0 aromatic carbocycles. The fourth-order valence-corrected chi connectivity index (χ4v) is 3.79. The first-order valence-corrected chi connectivity index (χ1v) is 7.41. The molecule has 0 N–H and O–H groups in total. The van der Waals surface area contributed by atoms with E-state index in [0.29, 0.717) is 12.8 Å². The van der Waals surface area contributed by atoms with Gasteiger partial charge in [-0.1, -0.05) is 6.92 Å². The van der Waals surface area contributed by atoms with Gasteiger partial charge in [0.1, 0.15) is 5.78 Å². The number of piperidine rings is 1. The first-order valence-electron chi connectivity index (χ1n) is 5.97. The topological polar surface area (TPSA) is 72.3 Å². The minimum Gasteiger partial charge on any atom is -0.299 e. The van der Waals surface area contributed by atoms with Crippen LogP contribution >= 0.6 is 0 Å². The standard InChI is InChI=1S/C11H17N3O3S/c1-3-9-8-14(7-5-10(9)15)18(16,17)11-4-6-12-13(11)2/h4,6,9H,3,5,7-8H2,1-2H3. The summed E-state index contributed by atoms with van der Waals surface area (Å²) in [7, 11) is -1.94. The molecule has 1 aromatic rings. The molecule has 1 unspecified atom stereocenters. The molecule has 1 fully saturated rings. The molecule has 0 radical (unpaired) electrons. The van der Waals surface area contributed by atoms with Crippen LogP contribution in [0.3, 0.4) is 0 Å². The summed E-state index contributed by atoms with van der Waals surface area (Å²) in [6.45, 7) is 2.45. The molecule has 18 heavy (non-hydrogen) atoms. The van der Waals surface area contributed by atoms with Gasteiger partial charge in [0.25, 0.3) is 10.0 Å². The number of nitrogens with zero attached hydrogens (tertiary/aromatic N) is 3. The van der Waals surface area contributed by atoms with Crippen molar-refractivity contribution in [3.8, 4) is 0 Å². The number of rotatable bonds is 3. The Morgan fingerprint density at radius 2 is 2.22 bits per heavy atom. The highest BCUT2D eigenvalue weighted by Crippen LogP contribution is 2.22. The van der Waals surface area contributed by atoms with E-state index < -0.39 is 10.0 Å². The molecule has 2 rings (SSSR count). The van der Waals surface area contributed by atoms with Crippen LogP contribution in [-0.2, 0) is 21.9 Å². The maximum absolute atomic E-state index is 12.4. The molecule has 100 valence electrons. The third-order valence-corrected chi connectivity index (χ3v) is 5.30. The zero-order chi connectivity index (χ0) is 13.3. The number of aryl methyl sites for hydroxylation is 1. The predicted molar refractivity (Wildman–Crippen MR) is 65.4 cm³/mol. The third-order valence-electron chi connectivity index (χ3n) is 3.36. The second-order valence-electron chi connectivity index (χ2n) is 4.48. The van der Waals surface area contributed by atoms with Gasteiger partial charge in [0.15, 0.2) is 5.03 Å². The minimum atomic E-state index is -3.53. The van der Waals surface area contributed by atoms with E-state index in [4.69, 9.17) is 0 Å². The van der Waals surface area contributed by atoms with Crippen molar-refractivity contribution in [1.29, 1.82) is 0 Å². The van der Waals surface area contributed by atoms with Crippen molar-refractivity contribution in [2.24, 2.45) is 13.0 Å². The van der Waals surface area contributed by atoms with Crippen LogP contribution in [0, 0.1) is 5.92 Å². The van der Waals surface area contributed by atoms with Gasteiger partial charge >= 0.3 is 0 Å². The first kappa shape index (κ1) is 13.2. The zero-order valence-corrected chi connectivity index (χ0v) is 11.4. The average molecular weight is 271 g/mol. The second-order valence-corrected chi connectivity index (χ2v) is 6.36. The molecule has 6 nitrogen and oxygen atoms in total. The molecule has 1 saturated heterocycles. The van der Waals surface area contributed by atoms with Crippen LogP contribution in [0.25, 0.3) is 0 Å². The lowest BCUT2D eigenvalue weighted by molar-refractivity contribution is -0.125. The Kier molecular flexibility index (Phi) is 3.54. The lowest BCUT2D eigenvalue weighted by Gasteiger charge is -2.30. The summed E-state index contributed by atoms with van der Waals surface area (Å²) in [6, 6.07) is 1.48. The van der Waals surface area contributed by atoms with Crippen molar-refractivity contribution in [3.63, 3.8) is 0 Å². The summed E-state index contributed by atoms with van der Waals surface area (Å²) in [5.41, 5.74) is 0. The van der Waals surface area contributed by atoms with Crippen LogP contribution in [0.2, 0.25) is 0 Å². The fourth-order valence-electron chi connectivity index (χ4n) is 2.20. The third kappa shape index (κ3) is 2.20. The summed E-state index contributed by atoms with van der Waals surface area (Å²) >= 11 is 0. The van der Waals surface area contributed by atoms with Crippen LogP contribution < -0.4 is 0 Å². The number of sulfonamides is 1. The molecule has 0 aliphatic carbocycles. The molecule has 0 spiro atoms. The largest absolute Gasteiger partial charge is 0.299 e. The Bertz CT molecular complexity index is 550. The Hall–Kier alpha value is -1.21. The highest BCUT2D eigenvalue weighted by molar-refractivity contribution is 7.89. The van der Waals surface area contributed by atoms with E-state index in [9.17, 15) is 13.2 Å². The molecule has 0 amide bonds. The molecule has 1 aliphatic heterocycles. The summed E-state index contributed by atoms with van der Waals surface area (Å²) in [6.07, 6.45) is 2.44. The van der Waals surface area contributed by atoms with Gasteiger partial charge in [-0.3, -0.25) is 9.48 Å². The van der Waals surface area contributed by atoms with Gasteiger partial charge in [-0.25, -0.2) is 8.42 Å². The number of carbonyl (C=O) groups is 1. The number of hydrogen-bond donors (Lipinski definition) is 0. The molecule has 1 aliphatic rings. The number of hydrogen-bond acceptors (Lipinski definition) is 4.